The summed E-state index contributed by atoms with van der Waals surface area (Å²) < 4.78 is 11.5. The highest BCUT2D eigenvalue weighted by Gasteiger charge is 2.23. The molecular formula is C54H32N4O. The molecule has 0 spiro atoms. The number of hydrogen-bond donors (Lipinski definition) is 0. The maximum Gasteiger partial charge on any atom is 0.235 e. The van der Waals surface area contributed by atoms with Crippen molar-refractivity contribution in [3.05, 3.63) is 194 Å². The first kappa shape index (κ1) is 32.1. The lowest BCUT2D eigenvalue weighted by molar-refractivity contribution is 0.673. The van der Waals surface area contributed by atoms with Crippen LogP contribution in [0.4, 0.5) is 0 Å². The Morgan fingerprint density at radius 2 is 1.00 bits per heavy atom. The fourth-order valence-corrected chi connectivity index (χ4v) is 9.59. The van der Waals surface area contributed by atoms with Crippen LogP contribution in [0.1, 0.15) is 0 Å². The van der Waals surface area contributed by atoms with Gasteiger partial charge < -0.3 is 8.98 Å². The van der Waals surface area contributed by atoms with E-state index >= 15 is 0 Å². The van der Waals surface area contributed by atoms with Gasteiger partial charge in [-0.3, -0.25) is 4.57 Å². The van der Waals surface area contributed by atoms with Gasteiger partial charge in [0.05, 0.1) is 33.3 Å². The number of benzene rings is 9. The second-order valence-electron chi connectivity index (χ2n) is 15.3. The lowest BCUT2D eigenvalue weighted by Gasteiger charge is -2.13. The number of nitrogens with zero attached hydrogens (tertiary/aromatic N) is 4. The van der Waals surface area contributed by atoms with Gasteiger partial charge in [-0.05, 0) is 77.2 Å². The fraction of sp³-hybridized carbons (Fsp3) is 0. The Labute approximate surface area is 337 Å². The van der Waals surface area contributed by atoms with Crippen molar-refractivity contribution >= 4 is 87.2 Å². The van der Waals surface area contributed by atoms with Gasteiger partial charge in [0, 0.05) is 54.3 Å². The molecule has 0 aliphatic heterocycles. The maximum absolute atomic E-state index is 6.88. The van der Waals surface area contributed by atoms with E-state index in [-0.39, 0.29) is 0 Å². The molecule has 274 valence electrons. The van der Waals surface area contributed by atoms with E-state index in [1.54, 1.807) is 0 Å². The zero-order valence-corrected chi connectivity index (χ0v) is 31.7. The Bertz CT molecular complexity index is 3840. The van der Waals surface area contributed by atoms with Crippen LogP contribution < -0.4 is 0 Å². The van der Waals surface area contributed by atoms with Crippen LogP contribution in [0.15, 0.2) is 199 Å². The average Bonchev–Trinajstić information content (AvgIpc) is 3.97. The monoisotopic (exact) mass is 752 g/mol. The third-order valence-electron chi connectivity index (χ3n) is 12.1. The molecule has 4 aromatic heterocycles. The largest absolute Gasteiger partial charge is 0.455 e. The van der Waals surface area contributed by atoms with Crippen molar-refractivity contribution in [3.8, 4) is 34.0 Å². The number of para-hydroxylation sites is 4. The average molecular weight is 753 g/mol. The minimum absolute atomic E-state index is 0.619. The molecule has 0 saturated heterocycles. The Hall–Kier alpha value is -8.02. The Morgan fingerprint density at radius 1 is 0.390 bits per heavy atom. The van der Waals surface area contributed by atoms with Gasteiger partial charge in [0.2, 0.25) is 5.95 Å². The second kappa shape index (κ2) is 12.2. The SMILES string of the molecule is c1ccc(-c2cc(-c3nc(-n4c5ccccc5c5c6c7ccccc7n(-c7ccccc7)c6ccc54)nc4ccccc34)cc3oc4c5ccccc5ccc4c23)cc1. The molecule has 4 heterocycles. The lowest BCUT2D eigenvalue weighted by atomic mass is 9.94. The number of furan rings is 1. The topological polar surface area (TPSA) is 48.8 Å². The molecule has 59 heavy (non-hydrogen) atoms. The first-order valence-corrected chi connectivity index (χ1v) is 20.0. The van der Waals surface area contributed by atoms with Crippen molar-refractivity contribution in [3.63, 3.8) is 0 Å². The van der Waals surface area contributed by atoms with E-state index in [4.69, 9.17) is 14.4 Å². The van der Waals surface area contributed by atoms with Crippen molar-refractivity contribution in [1.29, 1.82) is 0 Å². The molecular weight excluding hydrogens is 721 g/mol. The molecule has 13 rings (SSSR count). The smallest absolute Gasteiger partial charge is 0.235 e. The van der Waals surface area contributed by atoms with Gasteiger partial charge in [-0.25, -0.2) is 9.97 Å². The zero-order valence-electron chi connectivity index (χ0n) is 31.7. The summed E-state index contributed by atoms with van der Waals surface area (Å²) in [6.45, 7) is 0. The molecule has 0 amide bonds. The van der Waals surface area contributed by atoms with Crippen molar-refractivity contribution in [1.82, 2.24) is 19.1 Å². The number of hydrogen-bond acceptors (Lipinski definition) is 3. The van der Waals surface area contributed by atoms with Crippen LogP contribution in [0, 0.1) is 0 Å². The van der Waals surface area contributed by atoms with Gasteiger partial charge >= 0.3 is 0 Å². The van der Waals surface area contributed by atoms with Crippen LogP contribution in [0.2, 0.25) is 0 Å². The van der Waals surface area contributed by atoms with Gasteiger partial charge in [-0.2, -0.15) is 0 Å². The molecule has 0 aliphatic carbocycles. The van der Waals surface area contributed by atoms with Crippen LogP contribution in [0.3, 0.4) is 0 Å². The third kappa shape index (κ3) is 4.61. The van der Waals surface area contributed by atoms with Crippen LogP contribution >= 0.6 is 0 Å². The highest BCUT2D eigenvalue weighted by molar-refractivity contribution is 6.29. The number of fused-ring (bicyclic) bond motifs is 13. The summed E-state index contributed by atoms with van der Waals surface area (Å²) in [6.07, 6.45) is 0. The first-order chi connectivity index (χ1) is 29.3. The summed E-state index contributed by atoms with van der Waals surface area (Å²) in [4.78, 5) is 10.9. The van der Waals surface area contributed by atoms with Gasteiger partial charge in [0.25, 0.3) is 0 Å². The molecule has 0 fully saturated rings. The van der Waals surface area contributed by atoms with Crippen molar-refractivity contribution < 1.29 is 4.42 Å². The summed E-state index contributed by atoms with van der Waals surface area (Å²) in [5.41, 5.74) is 12.2. The van der Waals surface area contributed by atoms with Crippen LogP contribution in [-0.2, 0) is 0 Å². The molecule has 0 aliphatic rings. The van der Waals surface area contributed by atoms with Crippen molar-refractivity contribution in [2.75, 3.05) is 0 Å². The van der Waals surface area contributed by atoms with E-state index < -0.39 is 0 Å². The summed E-state index contributed by atoms with van der Waals surface area (Å²) in [5, 5.41) is 10.2. The van der Waals surface area contributed by atoms with Crippen molar-refractivity contribution in [2.45, 2.75) is 0 Å². The predicted octanol–water partition coefficient (Wildman–Crippen LogP) is 14.2. The van der Waals surface area contributed by atoms with E-state index in [1.165, 1.54) is 21.7 Å². The fourth-order valence-electron chi connectivity index (χ4n) is 9.59. The van der Waals surface area contributed by atoms with E-state index in [1.807, 2.05) is 0 Å². The van der Waals surface area contributed by atoms with Crippen LogP contribution in [0.25, 0.3) is 121 Å². The van der Waals surface area contributed by atoms with Crippen LogP contribution in [-0.4, -0.2) is 19.1 Å². The molecule has 9 aromatic carbocycles. The normalized spacial score (nSPS) is 12.1. The first-order valence-electron chi connectivity index (χ1n) is 20.0. The molecule has 0 N–H and O–H groups in total. The van der Waals surface area contributed by atoms with Gasteiger partial charge in [0.15, 0.2) is 0 Å². The summed E-state index contributed by atoms with van der Waals surface area (Å²) in [5.74, 6) is 0.619. The van der Waals surface area contributed by atoms with E-state index in [2.05, 4.69) is 203 Å². The molecule has 0 unspecified atom stereocenters. The van der Waals surface area contributed by atoms with Crippen LogP contribution in [0.5, 0.6) is 0 Å². The van der Waals surface area contributed by atoms with E-state index in [0.29, 0.717) is 5.95 Å². The molecule has 0 bridgehead atoms. The van der Waals surface area contributed by atoms with Gasteiger partial charge in [0.1, 0.15) is 11.2 Å². The molecule has 5 nitrogen and oxygen atoms in total. The Kier molecular flexibility index (Phi) is 6.66. The highest BCUT2D eigenvalue weighted by atomic mass is 16.3. The standard InChI is InChI=1S/C54H32N4O/c1-3-15-33(16-4-1)42-31-35(32-48-49(42)41-28-27-34-17-7-8-20-37(34)53(41)59-48)52-38-21-9-12-24-43(38)55-54(56-52)58-45-26-14-11-23-40(45)51-47(58)30-29-46-50(51)39-22-10-13-25-44(39)57(46)36-18-5-2-6-19-36/h1-32H. The second-order valence-corrected chi connectivity index (χ2v) is 15.3. The molecule has 0 saturated carbocycles. The predicted molar refractivity (Wildman–Crippen MR) is 244 cm³/mol. The summed E-state index contributed by atoms with van der Waals surface area (Å²) in [7, 11) is 0. The summed E-state index contributed by atoms with van der Waals surface area (Å²) in [6, 6.07) is 68.8. The van der Waals surface area contributed by atoms with E-state index in [0.717, 1.165) is 93.6 Å². The quantitative estimate of drug-likeness (QED) is 0.180. The molecule has 0 radical (unpaired) electrons. The molecule has 0 atom stereocenters. The highest BCUT2D eigenvalue weighted by Crippen LogP contribution is 2.45. The van der Waals surface area contributed by atoms with Gasteiger partial charge in [-0.1, -0.05) is 133 Å². The number of rotatable bonds is 4. The zero-order chi connectivity index (χ0) is 38.6. The van der Waals surface area contributed by atoms with Crippen molar-refractivity contribution in [2.24, 2.45) is 0 Å². The minimum Gasteiger partial charge on any atom is -0.455 e. The molecule has 5 heteroatoms. The third-order valence-corrected chi connectivity index (χ3v) is 12.1. The Balaban J connectivity index is 1.12. The minimum atomic E-state index is 0.619. The summed E-state index contributed by atoms with van der Waals surface area (Å²) >= 11 is 0. The number of aromatic nitrogens is 4. The van der Waals surface area contributed by atoms with Gasteiger partial charge in [-0.15, -0.1) is 0 Å². The lowest BCUT2D eigenvalue weighted by Crippen LogP contribution is -2.03. The Morgan fingerprint density at radius 3 is 1.76 bits per heavy atom. The maximum atomic E-state index is 6.88. The molecule has 13 aromatic rings. The van der Waals surface area contributed by atoms with E-state index in [9.17, 15) is 0 Å².